The van der Waals surface area contributed by atoms with Gasteiger partial charge in [0, 0.05) is 16.7 Å². The van der Waals surface area contributed by atoms with Crippen LogP contribution >= 0.6 is 0 Å². The molecule has 0 radical (unpaired) electrons. The van der Waals surface area contributed by atoms with Crippen molar-refractivity contribution in [3.05, 3.63) is 75.8 Å². The molecule has 3 amide bonds. The number of para-hydroxylation sites is 1. The summed E-state index contributed by atoms with van der Waals surface area (Å²) in [5, 5.41) is 7.48. The zero-order valence-electron chi connectivity index (χ0n) is 14.5. The molecule has 1 aliphatic heterocycles. The minimum absolute atomic E-state index is 0.137. The van der Waals surface area contributed by atoms with Gasteiger partial charge < -0.3 is 5.32 Å². The van der Waals surface area contributed by atoms with Gasteiger partial charge in [0.2, 0.25) is 0 Å². The first kappa shape index (κ1) is 18.0. The van der Waals surface area contributed by atoms with Gasteiger partial charge in [-0.05, 0) is 31.2 Å². The van der Waals surface area contributed by atoms with E-state index < -0.39 is 11.8 Å². The van der Waals surface area contributed by atoms with Crippen molar-refractivity contribution >= 4 is 29.7 Å². The first-order valence-corrected chi connectivity index (χ1v) is 8.19. The molecule has 2 aromatic carbocycles. The number of amides is 3. The number of benzene rings is 2. The monoisotopic (exact) mass is 360 g/mol. The third kappa shape index (κ3) is 4.62. The van der Waals surface area contributed by atoms with E-state index >= 15 is 0 Å². The van der Waals surface area contributed by atoms with Crippen LogP contribution in [0.15, 0.2) is 64.2 Å². The van der Waals surface area contributed by atoms with Crippen molar-refractivity contribution in [2.24, 2.45) is 10.1 Å². The van der Waals surface area contributed by atoms with Gasteiger partial charge in [0.25, 0.3) is 17.7 Å². The Kier molecular flexibility index (Phi) is 5.35. The van der Waals surface area contributed by atoms with Crippen LogP contribution in [-0.4, -0.2) is 30.1 Å². The van der Waals surface area contributed by atoms with Crippen molar-refractivity contribution < 1.29 is 14.4 Å². The Hall–Kier alpha value is -3.83. The maximum absolute atomic E-state index is 12.0. The summed E-state index contributed by atoms with van der Waals surface area (Å²) in [7, 11) is 0. The molecule has 0 fully saturated rings. The van der Waals surface area contributed by atoms with E-state index in [2.05, 4.69) is 26.7 Å². The van der Waals surface area contributed by atoms with Gasteiger partial charge in [-0.25, -0.2) is 10.4 Å². The summed E-state index contributed by atoms with van der Waals surface area (Å²) < 4.78 is 0. The lowest BCUT2D eigenvalue weighted by Crippen LogP contribution is -2.35. The molecule has 0 bridgehead atoms. The van der Waals surface area contributed by atoms with E-state index in [4.69, 9.17) is 0 Å². The molecule has 0 aliphatic carbocycles. The second kappa shape index (κ2) is 8.03. The number of nitrogens with zero attached hydrogens (tertiary/aromatic N) is 2. The van der Waals surface area contributed by atoms with Gasteiger partial charge in [-0.3, -0.25) is 14.4 Å². The first-order valence-electron chi connectivity index (χ1n) is 8.19. The summed E-state index contributed by atoms with van der Waals surface area (Å²) in [6.45, 7) is 1.62. The van der Waals surface area contributed by atoms with E-state index in [-0.39, 0.29) is 18.0 Å². The van der Waals surface area contributed by atoms with E-state index in [0.717, 1.165) is 10.8 Å². The van der Waals surface area contributed by atoms with E-state index in [9.17, 15) is 14.4 Å². The van der Waals surface area contributed by atoms with Crippen molar-refractivity contribution in [2.45, 2.75) is 6.92 Å². The topological polar surface area (TPSA) is 100.0 Å². The highest BCUT2D eigenvalue weighted by Crippen LogP contribution is 2.03. The lowest BCUT2D eigenvalue weighted by atomic mass is 10.1. The highest BCUT2D eigenvalue weighted by atomic mass is 16.2. The molecule has 27 heavy (non-hydrogen) atoms. The molecule has 7 heteroatoms. The Labute approximate surface area is 154 Å². The smallest absolute Gasteiger partial charge is 0.287 e. The van der Waals surface area contributed by atoms with Crippen LogP contribution in [0, 0.1) is 6.92 Å². The number of aryl methyl sites for hydroxylation is 1. The molecule has 0 saturated carbocycles. The van der Waals surface area contributed by atoms with E-state index in [0.29, 0.717) is 10.9 Å². The molecule has 3 rings (SSSR count). The van der Waals surface area contributed by atoms with Crippen LogP contribution in [0.4, 0.5) is 0 Å². The third-order valence-corrected chi connectivity index (χ3v) is 3.74. The standard InChI is InChI=1S/C20H16N4O3/c1-13-5-4-7-15(9-13)19(26)21-12-18(25)24-22-11-16-10-14-6-2-3-8-17(14)23-20(16)27/h2-10H,12H2,1H3,(H,21,26)(H,24,25). The molecule has 0 unspecified atom stereocenters. The van der Waals surface area contributed by atoms with Gasteiger partial charge in [0.05, 0.1) is 11.9 Å². The van der Waals surface area contributed by atoms with Crippen LogP contribution in [0.5, 0.6) is 0 Å². The van der Waals surface area contributed by atoms with Gasteiger partial charge in [-0.2, -0.15) is 0 Å². The lowest BCUT2D eigenvalue weighted by molar-refractivity contribution is -0.120. The highest BCUT2D eigenvalue weighted by Gasteiger charge is 2.10. The Morgan fingerprint density at radius 3 is 2.78 bits per heavy atom. The Bertz CT molecular complexity index is 1110. The second-order valence-electron chi connectivity index (χ2n) is 5.84. The van der Waals surface area contributed by atoms with Crippen LogP contribution in [0.2, 0.25) is 0 Å². The fourth-order valence-electron chi connectivity index (χ4n) is 2.42. The van der Waals surface area contributed by atoms with Crippen molar-refractivity contribution in [3.8, 4) is 0 Å². The molecule has 1 heterocycles. The Balaban J connectivity index is 1.60. The predicted octanol–water partition coefficient (Wildman–Crippen LogP) is -0.00738. The van der Waals surface area contributed by atoms with E-state index in [1.54, 1.807) is 36.4 Å². The molecular weight excluding hydrogens is 344 g/mol. The maximum atomic E-state index is 12.0. The molecule has 7 nitrogen and oxygen atoms in total. The molecule has 1 aliphatic rings. The summed E-state index contributed by atoms with van der Waals surface area (Å²) in [4.78, 5) is 39.6. The van der Waals surface area contributed by atoms with Gasteiger partial charge in [0.1, 0.15) is 5.57 Å². The summed E-state index contributed by atoms with van der Waals surface area (Å²) in [5.41, 5.74) is 3.77. The SMILES string of the molecule is Cc1cccc(C(=O)NCC(=O)NN=C=C2C=c3ccccc3=NC2=O)c1. The van der Waals surface area contributed by atoms with Gasteiger partial charge in [-0.1, -0.05) is 35.9 Å². The number of hydrogen-bond donors (Lipinski definition) is 2. The van der Waals surface area contributed by atoms with Crippen LogP contribution in [0.3, 0.4) is 0 Å². The summed E-state index contributed by atoms with van der Waals surface area (Å²) in [6, 6.07) is 14.2. The molecule has 0 spiro atoms. The quantitative estimate of drug-likeness (QED) is 0.456. The number of rotatable bonds is 4. The number of carbonyl (C=O) groups excluding carboxylic acids is 3. The minimum atomic E-state index is -0.537. The Morgan fingerprint density at radius 1 is 1.15 bits per heavy atom. The average molecular weight is 360 g/mol. The number of hydrazone groups is 1. The lowest BCUT2D eigenvalue weighted by Gasteiger charge is -2.04. The molecule has 0 atom stereocenters. The summed E-state index contributed by atoms with van der Waals surface area (Å²) in [6.07, 6.45) is 1.60. The fraction of sp³-hybridized carbons (Fsp3) is 0.100. The summed E-state index contributed by atoms with van der Waals surface area (Å²) >= 11 is 0. The highest BCUT2D eigenvalue weighted by molar-refractivity contribution is 6.10. The molecule has 134 valence electrons. The van der Waals surface area contributed by atoms with Crippen LogP contribution in [0.25, 0.3) is 6.08 Å². The third-order valence-electron chi connectivity index (χ3n) is 3.74. The van der Waals surface area contributed by atoms with Crippen molar-refractivity contribution in [1.82, 2.24) is 10.7 Å². The zero-order valence-corrected chi connectivity index (χ0v) is 14.5. The summed E-state index contributed by atoms with van der Waals surface area (Å²) in [5.74, 6) is 1.09. The number of carbonyl (C=O) groups is 3. The fourth-order valence-corrected chi connectivity index (χ4v) is 2.42. The van der Waals surface area contributed by atoms with Gasteiger partial charge in [0.15, 0.2) is 0 Å². The van der Waals surface area contributed by atoms with Crippen molar-refractivity contribution in [2.75, 3.05) is 6.54 Å². The van der Waals surface area contributed by atoms with Crippen LogP contribution in [-0.2, 0) is 9.59 Å². The number of hydrogen-bond acceptors (Lipinski definition) is 4. The second-order valence-corrected chi connectivity index (χ2v) is 5.84. The molecule has 2 N–H and O–H groups in total. The van der Waals surface area contributed by atoms with Crippen molar-refractivity contribution in [1.29, 1.82) is 0 Å². The van der Waals surface area contributed by atoms with E-state index in [1.165, 1.54) is 0 Å². The van der Waals surface area contributed by atoms with Crippen LogP contribution in [0.1, 0.15) is 15.9 Å². The molecule has 2 aromatic rings. The van der Waals surface area contributed by atoms with Crippen LogP contribution < -0.4 is 21.3 Å². The molecule has 0 aromatic heterocycles. The van der Waals surface area contributed by atoms with Gasteiger partial charge >= 0.3 is 0 Å². The molecule has 0 saturated heterocycles. The Morgan fingerprint density at radius 2 is 1.96 bits per heavy atom. The van der Waals surface area contributed by atoms with Gasteiger partial charge in [-0.15, -0.1) is 5.10 Å². The maximum Gasteiger partial charge on any atom is 0.287 e. The van der Waals surface area contributed by atoms with E-state index in [1.807, 2.05) is 25.1 Å². The molecular formula is C20H16N4O3. The zero-order chi connectivity index (χ0) is 19.2. The normalized spacial score (nSPS) is 12.0. The largest absolute Gasteiger partial charge is 0.343 e. The number of nitrogens with one attached hydrogen (secondary N) is 2. The number of fused-ring (bicyclic) bond motifs is 1. The average Bonchev–Trinajstić information content (AvgIpc) is 2.66. The minimum Gasteiger partial charge on any atom is -0.343 e. The van der Waals surface area contributed by atoms with Crippen molar-refractivity contribution in [3.63, 3.8) is 0 Å². The first-order chi connectivity index (χ1) is 13.0. The predicted molar refractivity (Wildman–Crippen MR) is 99.3 cm³/mol.